The van der Waals surface area contributed by atoms with Crippen LogP contribution in [0.2, 0.25) is 5.15 Å². The molecule has 0 saturated heterocycles. The van der Waals surface area contributed by atoms with Crippen LogP contribution in [-0.2, 0) is 7.05 Å². The minimum absolute atomic E-state index is 0.0369. The van der Waals surface area contributed by atoms with E-state index in [2.05, 4.69) is 5.10 Å². The fraction of sp³-hybridized carbons (Fsp3) is 0.625. The first kappa shape index (κ1) is 10.4. The highest BCUT2D eigenvalue weighted by Gasteiger charge is 2.23. The van der Waals surface area contributed by atoms with E-state index in [1.165, 1.54) is 4.68 Å². The van der Waals surface area contributed by atoms with Crippen LogP contribution in [0, 0.1) is 0 Å². The van der Waals surface area contributed by atoms with Crippen LogP contribution in [0.5, 0.6) is 0 Å². The summed E-state index contributed by atoms with van der Waals surface area (Å²) in [6, 6.07) is 0. The second-order valence-electron chi connectivity index (χ2n) is 3.17. The molecule has 0 N–H and O–H groups in total. The fourth-order valence-corrected chi connectivity index (χ4v) is 1.59. The van der Waals surface area contributed by atoms with Crippen molar-refractivity contribution in [1.82, 2.24) is 9.78 Å². The lowest BCUT2D eigenvalue weighted by Gasteiger charge is -2.04. The van der Waals surface area contributed by atoms with Crippen molar-refractivity contribution in [2.75, 3.05) is 0 Å². The van der Waals surface area contributed by atoms with Crippen molar-refractivity contribution >= 4 is 11.6 Å². The van der Waals surface area contributed by atoms with Gasteiger partial charge in [0.05, 0.1) is 0 Å². The molecule has 0 bridgehead atoms. The van der Waals surface area contributed by atoms with E-state index in [1.54, 1.807) is 7.05 Å². The van der Waals surface area contributed by atoms with Crippen LogP contribution in [0.4, 0.5) is 8.78 Å². The Morgan fingerprint density at radius 1 is 1.38 bits per heavy atom. The summed E-state index contributed by atoms with van der Waals surface area (Å²) in [7, 11) is 1.56. The summed E-state index contributed by atoms with van der Waals surface area (Å²) in [4.78, 5) is 0. The van der Waals surface area contributed by atoms with E-state index in [0.29, 0.717) is 10.7 Å². The Kier molecular flexibility index (Phi) is 2.91. The Labute approximate surface area is 80.5 Å². The SMILES string of the molecule is CC(C)c1c(C(F)F)nn(C)c1Cl. The van der Waals surface area contributed by atoms with E-state index in [1.807, 2.05) is 13.8 Å². The predicted octanol–water partition coefficient (Wildman–Crippen LogP) is 3.13. The maximum atomic E-state index is 12.4. The number of aromatic nitrogens is 2. The van der Waals surface area contributed by atoms with E-state index in [9.17, 15) is 8.78 Å². The Morgan fingerprint density at radius 3 is 2.23 bits per heavy atom. The second kappa shape index (κ2) is 3.62. The number of halogens is 3. The van der Waals surface area contributed by atoms with Gasteiger partial charge in [-0.2, -0.15) is 5.10 Å². The average Bonchev–Trinajstić information content (AvgIpc) is 2.28. The van der Waals surface area contributed by atoms with Crippen LogP contribution in [-0.4, -0.2) is 9.78 Å². The zero-order chi connectivity index (χ0) is 10.2. The lowest BCUT2D eigenvalue weighted by molar-refractivity contribution is 0.144. The Hall–Kier alpha value is -0.640. The minimum atomic E-state index is -2.56. The van der Waals surface area contributed by atoms with Gasteiger partial charge in [-0.3, -0.25) is 4.68 Å². The molecule has 74 valence electrons. The van der Waals surface area contributed by atoms with Gasteiger partial charge in [0.25, 0.3) is 6.43 Å². The molecule has 0 aliphatic rings. The summed E-state index contributed by atoms with van der Waals surface area (Å²) in [5.41, 5.74) is 0.238. The number of aryl methyl sites for hydroxylation is 1. The topological polar surface area (TPSA) is 17.8 Å². The molecule has 13 heavy (non-hydrogen) atoms. The van der Waals surface area contributed by atoms with Crippen molar-refractivity contribution in [3.8, 4) is 0 Å². The quantitative estimate of drug-likeness (QED) is 0.730. The molecule has 2 nitrogen and oxygen atoms in total. The molecular formula is C8H11ClF2N2. The van der Waals surface area contributed by atoms with Crippen LogP contribution in [0.3, 0.4) is 0 Å². The molecule has 0 amide bonds. The monoisotopic (exact) mass is 208 g/mol. The normalized spacial score (nSPS) is 11.7. The van der Waals surface area contributed by atoms with Gasteiger partial charge in [0.15, 0.2) is 0 Å². The van der Waals surface area contributed by atoms with Gasteiger partial charge in [-0.1, -0.05) is 25.4 Å². The van der Waals surface area contributed by atoms with Crippen molar-refractivity contribution in [1.29, 1.82) is 0 Å². The fourth-order valence-electron chi connectivity index (χ4n) is 1.23. The second-order valence-corrected chi connectivity index (χ2v) is 3.53. The van der Waals surface area contributed by atoms with Crippen LogP contribution in [0.15, 0.2) is 0 Å². The number of hydrogen-bond donors (Lipinski definition) is 0. The van der Waals surface area contributed by atoms with Crippen molar-refractivity contribution in [2.45, 2.75) is 26.2 Å². The van der Waals surface area contributed by atoms with Gasteiger partial charge in [-0.05, 0) is 5.92 Å². The van der Waals surface area contributed by atoms with Gasteiger partial charge in [-0.15, -0.1) is 0 Å². The molecule has 0 radical (unpaired) electrons. The van der Waals surface area contributed by atoms with Crippen LogP contribution in [0.25, 0.3) is 0 Å². The van der Waals surface area contributed by atoms with Crippen LogP contribution in [0.1, 0.15) is 37.4 Å². The maximum Gasteiger partial charge on any atom is 0.282 e. The van der Waals surface area contributed by atoms with Crippen molar-refractivity contribution < 1.29 is 8.78 Å². The van der Waals surface area contributed by atoms with Crippen LogP contribution < -0.4 is 0 Å². The van der Waals surface area contributed by atoms with Crippen molar-refractivity contribution in [3.05, 3.63) is 16.4 Å². The molecule has 0 fully saturated rings. The van der Waals surface area contributed by atoms with Crippen molar-refractivity contribution in [3.63, 3.8) is 0 Å². The van der Waals surface area contributed by atoms with Gasteiger partial charge in [0.1, 0.15) is 10.8 Å². The summed E-state index contributed by atoms with van der Waals surface area (Å²) < 4.78 is 26.2. The number of nitrogens with zero attached hydrogens (tertiary/aromatic N) is 2. The molecule has 1 heterocycles. The lowest BCUT2D eigenvalue weighted by atomic mass is 10.0. The van der Waals surface area contributed by atoms with Crippen LogP contribution >= 0.6 is 11.6 Å². The number of alkyl halides is 2. The first-order chi connectivity index (χ1) is 5.95. The van der Waals surface area contributed by atoms with Gasteiger partial charge >= 0.3 is 0 Å². The first-order valence-electron chi connectivity index (χ1n) is 3.95. The van der Waals surface area contributed by atoms with E-state index in [0.717, 1.165) is 0 Å². The summed E-state index contributed by atoms with van der Waals surface area (Å²) in [6.45, 7) is 3.63. The molecule has 1 aromatic heterocycles. The third-order valence-corrected chi connectivity index (χ3v) is 2.27. The minimum Gasteiger partial charge on any atom is -0.256 e. The van der Waals surface area contributed by atoms with Crippen molar-refractivity contribution in [2.24, 2.45) is 7.05 Å². The lowest BCUT2D eigenvalue weighted by Crippen LogP contribution is -1.94. The Morgan fingerprint density at radius 2 is 1.92 bits per heavy atom. The molecule has 0 aromatic carbocycles. The smallest absolute Gasteiger partial charge is 0.256 e. The average molecular weight is 209 g/mol. The maximum absolute atomic E-state index is 12.4. The van der Waals surface area contributed by atoms with E-state index in [4.69, 9.17) is 11.6 Å². The third-order valence-electron chi connectivity index (χ3n) is 1.82. The van der Waals surface area contributed by atoms with Gasteiger partial charge in [0, 0.05) is 12.6 Å². The summed E-state index contributed by atoms with van der Waals surface area (Å²) >= 11 is 5.82. The number of rotatable bonds is 2. The highest BCUT2D eigenvalue weighted by Crippen LogP contribution is 2.32. The van der Waals surface area contributed by atoms with Gasteiger partial charge in [0.2, 0.25) is 0 Å². The highest BCUT2D eigenvalue weighted by atomic mass is 35.5. The third kappa shape index (κ3) is 1.82. The number of hydrogen-bond acceptors (Lipinski definition) is 1. The Balaban J connectivity index is 3.27. The molecule has 0 unspecified atom stereocenters. The summed E-state index contributed by atoms with van der Waals surface area (Å²) in [5.74, 6) is -0.0369. The summed E-state index contributed by atoms with van der Waals surface area (Å²) in [5, 5.41) is 3.96. The van der Waals surface area contributed by atoms with E-state index >= 15 is 0 Å². The van der Waals surface area contributed by atoms with Gasteiger partial charge in [-0.25, -0.2) is 8.78 Å². The van der Waals surface area contributed by atoms with E-state index in [-0.39, 0.29) is 11.6 Å². The molecule has 0 saturated carbocycles. The van der Waals surface area contributed by atoms with Gasteiger partial charge < -0.3 is 0 Å². The molecule has 0 aliphatic heterocycles. The highest BCUT2D eigenvalue weighted by molar-refractivity contribution is 6.30. The zero-order valence-electron chi connectivity index (χ0n) is 7.68. The molecular weight excluding hydrogens is 198 g/mol. The molecule has 1 aromatic rings. The largest absolute Gasteiger partial charge is 0.282 e. The molecule has 0 atom stereocenters. The first-order valence-corrected chi connectivity index (χ1v) is 4.33. The Bertz CT molecular complexity index is 307. The predicted molar refractivity (Wildman–Crippen MR) is 47.3 cm³/mol. The molecule has 0 aliphatic carbocycles. The summed E-state index contributed by atoms with van der Waals surface area (Å²) in [6.07, 6.45) is -2.56. The molecule has 0 spiro atoms. The molecule has 1 rings (SSSR count). The zero-order valence-corrected chi connectivity index (χ0v) is 8.44. The van der Waals surface area contributed by atoms with E-state index < -0.39 is 6.43 Å². The molecule has 5 heteroatoms. The standard InChI is InChI=1S/C8H11ClF2N2/c1-4(2)5-6(8(10)11)12-13(3)7(5)9/h4,8H,1-3H3.